The lowest BCUT2D eigenvalue weighted by atomic mass is 10.1. The number of carbonyl (C=O) groups excluding carboxylic acids is 2. The first-order chi connectivity index (χ1) is 10.2. The molecule has 0 saturated heterocycles. The minimum atomic E-state index is -0.391. The van der Waals surface area contributed by atoms with Crippen LogP contribution in [0.25, 0.3) is 0 Å². The smallest absolute Gasteiger partial charge is 0.325 e. The molecule has 1 saturated carbocycles. The fourth-order valence-corrected chi connectivity index (χ4v) is 2.71. The highest BCUT2D eigenvalue weighted by Crippen LogP contribution is 2.25. The normalized spacial score (nSPS) is 14.8. The molecule has 1 amide bonds. The molecular formula is C16H21NO4. The summed E-state index contributed by atoms with van der Waals surface area (Å²) in [4.78, 5) is 25.9. The maximum atomic E-state index is 12.7. The predicted molar refractivity (Wildman–Crippen MR) is 78.3 cm³/mol. The van der Waals surface area contributed by atoms with Crippen LogP contribution in [0.5, 0.6) is 5.75 Å². The van der Waals surface area contributed by atoms with E-state index in [2.05, 4.69) is 0 Å². The van der Waals surface area contributed by atoms with Gasteiger partial charge in [-0.05, 0) is 31.0 Å². The van der Waals surface area contributed by atoms with Crippen LogP contribution < -0.4 is 4.74 Å². The van der Waals surface area contributed by atoms with Crippen molar-refractivity contribution in [2.75, 3.05) is 20.8 Å². The zero-order valence-corrected chi connectivity index (χ0v) is 12.5. The minimum absolute atomic E-state index is 0.00277. The van der Waals surface area contributed by atoms with Crippen molar-refractivity contribution in [3.8, 4) is 5.75 Å². The summed E-state index contributed by atoms with van der Waals surface area (Å²) < 4.78 is 9.86. The van der Waals surface area contributed by atoms with E-state index < -0.39 is 5.97 Å². The third kappa shape index (κ3) is 3.74. The van der Waals surface area contributed by atoms with E-state index in [0.717, 1.165) is 25.7 Å². The van der Waals surface area contributed by atoms with Gasteiger partial charge < -0.3 is 14.4 Å². The number of hydrogen-bond donors (Lipinski definition) is 0. The van der Waals surface area contributed by atoms with Gasteiger partial charge in [-0.3, -0.25) is 9.59 Å². The maximum Gasteiger partial charge on any atom is 0.325 e. The number of nitrogens with zero attached hydrogens (tertiary/aromatic N) is 1. The first kappa shape index (κ1) is 15.4. The summed E-state index contributed by atoms with van der Waals surface area (Å²) in [5.41, 5.74) is 0.533. The topological polar surface area (TPSA) is 55.8 Å². The van der Waals surface area contributed by atoms with Crippen molar-refractivity contribution in [2.24, 2.45) is 0 Å². The molecule has 0 heterocycles. The van der Waals surface area contributed by atoms with Crippen LogP contribution >= 0.6 is 0 Å². The second-order valence-electron chi connectivity index (χ2n) is 5.18. The zero-order valence-electron chi connectivity index (χ0n) is 12.5. The van der Waals surface area contributed by atoms with Crippen molar-refractivity contribution in [2.45, 2.75) is 31.7 Å². The van der Waals surface area contributed by atoms with Gasteiger partial charge >= 0.3 is 5.97 Å². The third-order valence-corrected chi connectivity index (χ3v) is 3.87. The van der Waals surface area contributed by atoms with Crippen molar-refractivity contribution >= 4 is 11.9 Å². The molecule has 0 atom stereocenters. The summed E-state index contributed by atoms with van der Waals surface area (Å²) >= 11 is 0. The lowest BCUT2D eigenvalue weighted by Gasteiger charge is -2.28. The van der Waals surface area contributed by atoms with Gasteiger partial charge in [-0.1, -0.05) is 18.9 Å². The van der Waals surface area contributed by atoms with Gasteiger partial charge in [0.05, 0.1) is 14.2 Å². The van der Waals surface area contributed by atoms with Crippen molar-refractivity contribution in [1.82, 2.24) is 4.90 Å². The highest BCUT2D eigenvalue weighted by atomic mass is 16.5. The van der Waals surface area contributed by atoms with Crippen LogP contribution in [0.2, 0.25) is 0 Å². The number of methoxy groups -OCH3 is 2. The van der Waals surface area contributed by atoms with Crippen molar-refractivity contribution in [3.05, 3.63) is 29.8 Å². The molecule has 0 aromatic heterocycles. The van der Waals surface area contributed by atoms with E-state index in [4.69, 9.17) is 9.47 Å². The van der Waals surface area contributed by atoms with E-state index in [1.54, 1.807) is 36.3 Å². The van der Waals surface area contributed by atoms with Crippen LogP contribution in [-0.4, -0.2) is 43.6 Å². The number of rotatable bonds is 5. The van der Waals surface area contributed by atoms with Gasteiger partial charge in [-0.15, -0.1) is 0 Å². The molecular weight excluding hydrogens is 270 g/mol. The van der Waals surface area contributed by atoms with E-state index >= 15 is 0 Å². The van der Waals surface area contributed by atoms with Crippen LogP contribution in [0, 0.1) is 0 Å². The van der Waals surface area contributed by atoms with Crippen LogP contribution in [0.3, 0.4) is 0 Å². The second kappa shape index (κ2) is 7.11. The molecule has 1 aromatic carbocycles. The largest absolute Gasteiger partial charge is 0.497 e. The predicted octanol–water partition coefficient (Wildman–Crippen LogP) is 2.25. The Morgan fingerprint density at radius 3 is 2.57 bits per heavy atom. The molecule has 1 fully saturated rings. The SMILES string of the molecule is COC(=O)CN(C(=O)c1cccc(OC)c1)C1CCCC1. The third-order valence-electron chi connectivity index (χ3n) is 3.87. The summed E-state index contributed by atoms with van der Waals surface area (Å²) in [6.45, 7) is -0.00277. The monoisotopic (exact) mass is 291 g/mol. The summed E-state index contributed by atoms with van der Waals surface area (Å²) in [6.07, 6.45) is 4.06. The molecule has 0 radical (unpaired) electrons. The fraction of sp³-hybridized carbons (Fsp3) is 0.500. The van der Waals surface area contributed by atoms with Crippen LogP contribution in [-0.2, 0) is 9.53 Å². The number of esters is 1. The summed E-state index contributed by atoms with van der Waals surface area (Å²) in [5, 5.41) is 0. The molecule has 21 heavy (non-hydrogen) atoms. The first-order valence-electron chi connectivity index (χ1n) is 7.17. The molecule has 0 N–H and O–H groups in total. The second-order valence-corrected chi connectivity index (χ2v) is 5.18. The maximum absolute atomic E-state index is 12.7. The highest BCUT2D eigenvalue weighted by Gasteiger charge is 2.29. The molecule has 0 unspecified atom stereocenters. The first-order valence-corrected chi connectivity index (χ1v) is 7.17. The molecule has 2 rings (SSSR count). The molecule has 0 spiro atoms. The van der Waals surface area contributed by atoms with E-state index in [0.29, 0.717) is 11.3 Å². The number of hydrogen-bond acceptors (Lipinski definition) is 4. The Morgan fingerprint density at radius 2 is 1.95 bits per heavy atom. The summed E-state index contributed by atoms with van der Waals surface area (Å²) in [6, 6.07) is 7.11. The molecule has 0 bridgehead atoms. The molecule has 1 aliphatic carbocycles. The van der Waals surface area contributed by atoms with Gasteiger partial charge in [0.25, 0.3) is 5.91 Å². The Hall–Kier alpha value is -2.04. The standard InChI is InChI=1S/C16H21NO4/c1-20-14-9-5-6-12(10-14)16(19)17(11-15(18)21-2)13-7-3-4-8-13/h5-6,9-10,13H,3-4,7-8,11H2,1-2H3. The minimum Gasteiger partial charge on any atom is -0.497 e. The van der Waals surface area contributed by atoms with Crippen molar-refractivity contribution < 1.29 is 19.1 Å². The number of carbonyl (C=O) groups is 2. The Labute approximate surface area is 124 Å². The van der Waals surface area contributed by atoms with E-state index in [9.17, 15) is 9.59 Å². The Bertz CT molecular complexity index is 509. The fourth-order valence-electron chi connectivity index (χ4n) is 2.71. The van der Waals surface area contributed by atoms with Gasteiger partial charge in [0, 0.05) is 11.6 Å². The van der Waals surface area contributed by atoms with E-state index in [1.807, 2.05) is 0 Å². The number of ether oxygens (including phenoxy) is 2. The molecule has 5 heteroatoms. The van der Waals surface area contributed by atoms with Crippen LogP contribution in [0.1, 0.15) is 36.0 Å². The van der Waals surface area contributed by atoms with E-state index in [1.165, 1.54) is 7.11 Å². The van der Waals surface area contributed by atoms with Crippen LogP contribution in [0.4, 0.5) is 0 Å². The van der Waals surface area contributed by atoms with Crippen molar-refractivity contribution in [3.63, 3.8) is 0 Å². The van der Waals surface area contributed by atoms with Gasteiger partial charge in [0.2, 0.25) is 0 Å². The Morgan fingerprint density at radius 1 is 1.24 bits per heavy atom. The molecule has 1 aliphatic rings. The quantitative estimate of drug-likeness (QED) is 0.781. The number of amides is 1. The molecule has 5 nitrogen and oxygen atoms in total. The molecule has 114 valence electrons. The lowest BCUT2D eigenvalue weighted by Crippen LogP contribution is -2.42. The van der Waals surface area contributed by atoms with Crippen LogP contribution in [0.15, 0.2) is 24.3 Å². The highest BCUT2D eigenvalue weighted by molar-refractivity contribution is 5.96. The molecule has 1 aromatic rings. The summed E-state index contributed by atoms with van der Waals surface area (Å²) in [7, 11) is 2.90. The van der Waals surface area contributed by atoms with Crippen molar-refractivity contribution in [1.29, 1.82) is 0 Å². The Kier molecular flexibility index (Phi) is 5.20. The Balaban J connectivity index is 2.21. The average Bonchev–Trinajstić information content (AvgIpc) is 3.05. The van der Waals surface area contributed by atoms with Gasteiger partial charge in [0.15, 0.2) is 0 Å². The van der Waals surface area contributed by atoms with Gasteiger partial charge in [-0.2, -0.15) is 0 Å². The van der Waals surface area contributed by atoms with Gasteiger partial charge in [-0.25, -0.2) is 0 Å². The van der Waals surface area contributed by atoms with E-state index in [-0.39, 0.29) is 18.5 Å². The average molecular weight is 291 g/mol. The number of benzene rings is 1. The zero-order chi connectivity index (χ0) is 15.2. The summed E-state index contributed by atoms with van der Waals surface area (Å²) in [5.74, 6) is 0.0923. The lowest BCUT2D eigenvalue weighted by molar-refractivity contribution is -0.141. The van der Waals surface area contributed by atoms with Gasteiger partial charge in [0.1, 0.15) is 12.3 Å². The molecule has 0 aliphatic heterocycles.